The van der Waals surface area contributed by atoms with Gasteiger partial charge in [0.15, 0.2) is 23.1 Å². The molecule has 4 N–H and O–H groups in total. The van der Waals surface area contributed by atoms with E-state index >= 15 is 0 Å². The Labute approximate surface area is 290 Å². The van der Waals surface area contributed by atoms with Crippen molar-refractivity contribution in [2.75, 3.05) is 11.5 Å². The summed E-state index contributed by atoms with van der Waals surface area (Å²) in [4.78, 5) is 28.0. The summed E-state index contributed by atoms with van der Waals surface area (Å²) >= 11 is 0. The van der Waals surface area contributed by atoms with Gasteiger partial charge in [0, 0.05) is 11.1 Å². The molecule has 0 bridgehead atoms. The average Bonchev–Trinajstić information content (AvgIpc) is 3.17. The molecule has 0 heterocycles. The summed E-state index contributed by atoms with van der Waals surface area (Å²) in [6.07, 6.45) is 0. The predicted molar refractivity (Wildman–Crippen MR) is 199 cm³/mol. The number of hydrogen-bond donors (Lipinski definition) is 2. The summed E-state index contributed by atoms with van der Waals surface area (Å²) in [6, 6.07) is 51.5. The van der Waals surface area contributed by atoms with Crippen molar-refractivity contribution in [1.82, 2.24) is 0 Å². The number of ether oxygens (including phenoxy) is 2. The normalized spacial score (nSPS) is 10.7. The van der Waals surface area contributed by atoms with Gasteiger partial charge >= 0.3 is 0 Å². The largest absolute Gasteiger partial charge is 0.454 e. The highest BCUT2D eigenvalue weighted by Gasteiger charge is 2.20. The molecule has 7 rings (SSSR count). The van der Waals surface area contributed by atoms with Gasteiger partial charge < -0.3 is 20.9 Å². The van der Waals surface area contributed by atoms with Crippen molar-refractivity contribution in [3.63, 3.8) is 0 Å². The summed E-state index contributed by atoms with van der Waals surface area (Å²) in [6.45, 7) is 0. The first-order valence-electron chi connectivity index (χ1n) is 16.1. The van der Waals surface area contributed by atoms with Crippen LogP contribution in [0.5, 0.6) is 23.0 Å². The molecule has 6 heteroatoms. The molecular formula is C44H32N2O4. The fraction of sp³-hybridized carbons (Fsp3) is 0. The van der Waals surface area contributed by atoms with Gasteiger partial charge in [-0.3, -0.25) is 9.59 Å². The van der Waals surface area contributed by atoms with E-state index in [4.69, 9.17) is 20.9 Å². The van der Waals surface area contributed by atoms with Crippen LogP contribution in [0.25, 0.3) is 22.3 Å². The van der Waals surface area contributed by atoms with Gasteiger partial charge in [-0.1, -0.05) is 115 Å². The molecule has 0 saturated heterocycles. The maximum atomic E-state index is 14.0. The Bertz CT molecular complexity index is 2170. The number of benzene rings is 7. The number of nitrogen functional groups attached to an aromatic ring is 2. The first-order valence-corrected chi connectivity index (χ1v) is 16.1. The molecule has 0 fully saturated rings. The summed E-state index contributed by atoms with van der Waals surface area (Å²) < 4.78 is 12.5. The fourth-order valence-electron chi connectivity index (χ4n) is 5.70. The Kier molecular flexibility index (Phi) is 8.90. The van der Waals surface area contributed by atoms with Gasteiger partial charge in [0.05, 0.1) is 22.5 Å². The van der Waals surface area contributed by atoms with Crippen molar-refractivity contribution < 1.29 is 19.1 Å². The second-order valence-electron chi connectivity index (χ2n) is 11.7. The minimum absolute atomic E-state index is 0.303. The van der Waals surface area contributed by atoms with Crippen molar-refractivity contribution in [2.45, 2.75) is 0 Å². The highest BCUT2D eigenvalue weighted by atomic mass is 16.5. The van der Waals surface area contributed by atoms with Gasteiger partial charge in [-0.15, -0.1) is 0 Å². The molecule has 0 radical (unpaired) electrons. The summed E-state index contributed by atoms with van der Waals surface area (Å²) in [5.74, 6) is 0.954. The molecule has 0 amide bonds. The molecule has 7 aromatic rings. The van der Waals surface area contributed by atoms with Gasteiger partial charge in [0.2, 0.25) is 0 Å². The molecule has 0 atom stereocenters. The van der Waals surface area contributed by atoms with Gasteiger partial charge in [0.25, 0.3) is 0 Å². The van der Waals surface area contributed by atoms with Crippen LogP contribution in [0.4, 0.5) is 11.4 Å². The van der Waals surface area contributed by atoms with Crippen LogP contribution in [-0.4, -0.2) is 11.6 Å². The second kappa shape index (κ2) is 14.1. The van der Waals surface area contributed by atoms with E-state index in [1.807, 2.05) is 84.9 Å². The van der Waals surface area contributed by atoms with Gasteiger partial charge in [0.1, 0.15) is 11.5 Å². The fourth-order valence-corrected chi connectivity index (χ4v) is 5.70. The Morgan fingerprint density at radius 1 is 0.360 bits per heavy atom. The molecule has 242 valence electrons. The number of anilines is 2. The average molecular weight is 653 g/mol. The quantitative estimate of drug-likeness (QED) is 0.113. The highest BCUT2D eigenvalue weighted by Crippen LogP contribution is 2.36. The summed E-state index contributed by atoms with van der Waals surface area (Å²) in [5.41, 5.74) is 18.7. The molecule has 0 aromatic heterocycles. The number of carbonyl (C=O) groups is 2. The third-order valence-corrected chi connectivity index (χ3v) is 8.33. The topological polar surface area (TPSA) is 105 Å². The van der Waals surface area contributed by atoms with Crippen molar-refractivity contribution >= 4 is 22.9 Å². The minimum atomic E-state index is -0.303. The molecule has 0 spiro atoms. The van der Waals surface area contributed by atoms with Crippen molar-refractivity contribution in [3.05, 3.63) is 192 Å². The number of ketones is 2. The third-order valence-electron chi connectivity index (χ3n) is 8.33. The van der Waals surface area contributed by atoms with Crippen molar-refractivity contribution in [1.29, 1.82) is 0 Å². The van der Waals surface area contributed by atoms with Crippen LogP contribution in [0.15, 0.2) is 170 Å². The van der Waals surface area contributed by atoms with Crippen LogP contribution < -0.4 is 20.9 Å². The number of hydrogen-bond acceptors (Lipinski definition) is 6. The molecule has 0 aliphatic rings. The van der Waals surface area contributed by atoms with E-state index in [1.165, 1.54) is 0 Å². The van der Waals surface area contributed by atoms with Gasteiger partial charge in [-0.05, 0) is 76.9 Å². The predicted octanol–water partition coefficient (Wildman–Crippen LogP) is 10.2. The van der Waals surface area contributed by atoms with E-state index in [0.29, 0.717) is 56.6 Å². The molecule has 7 aromatic carbocycles. The minimum Gasteiger partial charge on any atom is -0.454 e. The lowest BCUT2D eigenvalue weighted by molar-refractivity contribution is 0.103. The monoisotopic (exact) mass is 652 g/mol. The Balaban J connectivity index is 1.16. The number of carbonyl (C=O) groups excluding carboxylic acids is 2. The van der Waals surface area contributed by atoms with E-state index in [0.717, 1.165) is 22.3 Å². The van der Waals surface area contributed by atoms with E-state index < -0.39 is 0 Å². The maximum Gasteiger partial charge on any atom is 0.196 e. The lowest BCUT2D eigenvalue weighted by Crippen LogP contribution is -2.08. The summed E-state index contributed by atoms with van der Waals surface area (Å²) in [7, 11) is 0. The second-order valence-corrected chi connectivity index (χ2v) is 11.7. The van der Waals surface area contributed by atoms with Crippen LogP contribution >= 0.6 is 0 Å². The molecule has 0 saturated carbocycles. The molecule has 6 nitrogen and oxygen atoms in total. The first-order chi connectivity index (χ1) is 24.4. The highest BCUT2D eigenvalue weighted by molar-refractivity contribution is 6.15. The Hall–Kier alpha value is -6.92. The van der Waals surface area contributed by atoms with Crippen LogP contribution in [0.1, 0.15) is 31.8 Å². The zero-order valence-corrected chi connectivity index (χ0v) is 27.0. The van der Waals surface area contributed by atoms with Crippen LogP contribution in [0.2, 0.25) is 0 Å². The van der Waals surface area contributed by atoms with E-state index in [9.17, 15) is 9.59 Å². The van der Waals surface area contributed by atoms with Crippen LogP contribution in [-0.2, 0) is 0 Å². The molecule has 0 aliphatic carbocycles. The SMILES string of the molecule is Nc1ccc(-c2ccccc2)cc1Oc1ccccc1C(=O)c1cccc(C(=O)c2ccccc2Oc2cc(-c3ccccc3)ccc2N)c1. The van der Waals surface area contributed by atoms with E-state index in [2.05, 4.69) is 0 Å². The molecule has 50 heavy (non-hydrogen) atoms. The van der Waals surface area contributed by atoms with Gasteiger partial charge in [-0.2, -0.15) is 0 Å². The molecule has 0 unspecified atom stereocenters. The van der Waals surface area contributed by atoms with E-state index in [-0.39, 0.29) is 11.6 Å². The lowest BCUT2D eigenvalue weighted by atomic mass is 9.96. The standard InChI is InChI=1S/C44H32N2O4/c45-37-24-22-31(29-12-3-1-4-13-29)27-41(37)49-39-20-9-7-18-35(39)43(47)33-16-11-17-34(26-33)44(48)36-19-8-10-21-40(36)50-42-28-32(23-25-38(42)46)30-14-5-2-6-15-30/h1-28H,45-46H2. The zero-order chi connectivity index (χ0) is 34.5. The third kappa shape index (κ3) is 6.72. The molecule has 0 aliphatic heterocycles. The smallest absolute Gasteiger partial charge is 0.196 e. The Morgan fingerprint density at radius 2 is 0.760 bits per heavy atom. The van der Waals surface area contributed by atoms with Crippen molar-refractivity contribution in [3.8, 4) is 45.3 Å². The van der Waals surface area contributed by atoms with Crippen LogP contribution in [0.3, 0.4) is 0 Å². The Morgan fingerprint density at radius 3 is 1.20 bits per heavy atom. The summed E-state index contributed by atoms with van der Waals surface area (Å²) in [5, 5.41) is 0. The van der Waals surface area contributed by atoms with E-state index in [1.54, 1.807) is 84.9 Å². The lowest BCUT2D eigenvalue weighted by Gasteiger charge is -2.15. The maximum absolute atomic E-state index is 14.0. The van der Waals surface area contributed by atoms with Crippen molar-refractivity contribution in [2.24, 2.45) is 0 Å². The first kappa shape index (κ1) is 31.7. The van der Waals surface area contributed by atoms with Gasteiger partial charge in [-0.25, -0.2) is 0 Å². The number of nitrogens with two attached hydrogens (primary N) is 2. The number of para-hydroxylation sites is 2. The zero-order valence-electron chi connectivity index (χ0n) is 27.0. The number of rotatable bonds is 10. The molecular weight excluding hydrogens is 620 g/mol. The van der Waals surface area contributed by atoms with Crippen LogP contribution in [0, 0.1) is 0 Å².